The van der Waals surface area contributed by atoms with Crippen molar-refractivity contribution in [1.82, 2.24) is 20.4 Å². The van der Waals surface area contributed by atoms with E-state index >= 15 is 0 Å². The van der Waals surface area contributed by atoms with Crippen molar-refractivity contribution in [2.45, 2.75) is 31.2 Å². The molecule has 3 fully saturated rings. The van der Waals surface area contributed by atoms with Gasteiger partial charge in [0, 0.05) is 64.0 Å². The van der Waals surface area contributed by atoms with Crippen molar-refractivity contribution in [1.29, 1.82) is 0 Å². The van der Waals surface area contributed by atoms with Gasteiger partial charge in [-0.25, -0.2) is 0 Å². The summed E-state index contributed by atoms with van der Waals surface area (Å²) in [5.41, 5.74) is 2.34. The third-order valence-electron chi connectivity index (χ3n) is 7.45. The van der Waals surface area contributed by atoms with Gasteiger partial charge in [-0.3, -0.25) is 20.3 Å². The van der Waals surface area contributed by atoms with E-state index in [-0.39, 0.29) is 18.3 Å². The molecule has 3 N–H and O–H groups in total. The van der Waals surface area contributed by atoms with Gasteiger partial charge in [0.25, 0.3) is 5.91 Å². The number of hydrogen-bond acceptors (Lipinski definition) is 8. The molecule has 5 rings (SSSR count). The Bertz CT molecular complexity index is 981. The highest BCUT2D eigenvalue weighted by molar-refractivity contribution is 5.81. The molecule has 3 heterocycles. The van der Waals surface area contributed by atoms with E-state index in [0.717, 1.165) is 75.8 Å². The fourth-order valence-electron chi connectivity index (χ4n) is 5.15. The summed E-state index contributed by atoms with van der Waals surface area (Å²) < 4.78 is 16.8. The fourth-order valence-corrected chi connectivity index (χ4v) is 5.15. The summed E-state index contributed by atoms with van der Waals surface area (Å²) in [5.74, 6) is 2.33. The normalized spacial score (nSPS) is 24.6. The summed E-state index contributed by atoms with van der Waals surface area (Å²) in [6.07, 6.45) is 1.66. The van der Waals surface area contributed by atoms with Crippen LogP contribution in [0.1, 0.15) is 24.3 Å². The van der Waals surface area contributed by atoms with Crippen LogP contribution in [0.5, 0.6) is 11.5 Å². The second-order valence-electron chi connectivity index (χ2n) is 9.91. The van der Waals surface area contributed by atoms with Crippen LogP contribution in [0.15, 0.2) is 48.5 Å². The first-order valence-corrected chi connectivity index (χ1v) is 13.4. The topological polar surface area (TPSA) is 87.3 Å². The quantitative estimate of drug-likeness (QED) is 0.474. The number of ether oxygens (including phenoxy) is 3. The minimum atomic E-state index is -0.215. The summed E-state index contributed by atoms with van der Waals surface area (Å²) >= 11 is 0. The average molecular weight is 510 g/mol. The van der Waals surface area contributed by atoms with Crippen LogP contribution in [0.25, 0.3) is 0 Å². The minimum absolute atomic E-state index is 0.0204. The molecule has 3 saturated heterocycles. The van der Waals surface area contributed by atoms with Crippen LogP contribution in [-0.4, -0.2) is 94.2 Å². The zero-order chi connectivity index (χ0) is 25.5. The third-order valence-corrected chi connectivity index (χ3v) is 7.45. The lowest BCUT2D eigenvalue weighted by Crippen LogP contribution is -2.55. The first kappa shape index (κ1) is 25.8. The van der Waals surface area contributed by atoms with Crippen LogP contribution in [0, 0.1) is 0 Å². The number of benzene rings is 2. The Morgan fingerprint density at radius 2 is 1.70 bits per heavy atom. The number of carbonyl (C=O) groups is 1. The highest BCUT2D eigenvalue weighted by Gasteiger charge is 2.30. The predicted molar refractivity (Wildman–Crippen MR) is 143 cm³/mol. The average Bonchev–Trinajstić information content (AvgIpc) is 3.50. The molecular weight excluding hydrogens is 470 g/mol. The molecule has 0 aromatic heterocycles. The molecule has 9 heteroatoms. The fraction of sp³-hybridized carbons (Fsp3) is 0.536. The summed E-state index contributed by atoms with van der Waals surface area (Å²) in [6, 6.07) is 16.4. The lowest BCUT2D eigenvalue weighted by Gasteiger charge is -2.35. The molecule has 37 heavy (non-hydrogen) atoms. The van der Waals surface area contributed by atoms with Gasteiger partial charge in [0.05, 0.1) is 7.11 Å². The molecule has 3 aliphatic rings. The van der Waals surface area contributed by atoms with Crippen LogP contribution < -0.4 is 25.4 Å². The van der Waals surface area contributed by atoms with Gasteiger partial charge in [0.1, 0.15) is 30.5 Å². The Labute approximate surface area is 219 Å². The van der Waals surface area contributed by atoms with E-state index < -0.39 is 0 Å². The van der Waals surface area contributed by atoms with E-state index in [1.54, 1.807) is 7.11 Å². The summed E-state index contributed by atoms with van der Waals surface area (Å²) in [4.78, 5) is 16.8. The summed E-state index contributed by atoms with van der Waals surface area (Å²) in [7, 11) is 1.69. The molecule has 3 aliphatic heterocycles. The molecular formula is C28H39N5O4. The van der Waals surface area contributed by atoms with Gasteiger partial charge in [-0.2, -0.15) is 0 Å². The van der Waals surface area contributed by atoms with E-state index in [4.69, 9.17) is 14.2 Å². The van der Waals surface area contributed by atoms with E-state index in [2.05, 4.69) is 33.0 Å². The number of nitrogens with one attached hydrogen (secondary N) is 3. The first-order valence-electron chi connectivity index (χ1n) is 13.4. The molecule has 2 aromatic rings. The highest BCUT2D eigenvalue weighted by Crippen LogP contribution is 2.22. The maximum absolute atomic E-state index is 12.5. The molecule has 0 spiro atoms. The molecule has 1 atom stereocenters. The monoisotopic (exact) mass is 509 g/mol. The predicted octanol–water partition coefficient (Wildman–Crippen LogP) is 2.07. The van der Waals surface area contributed by atoms with Gasteiger partial charge in [0.2, 0.25) is 0 Å². The Morgan fingerprint density at radius 1 is 1.00 bits per heavy atom. The summed E-state index contributed by atoms with van der Waals surface area (Å²) in [6.45, 7) is 7.29. The third kappa shape index (κ3) is 6.93. The number of rotatable bonds is 9. The second kappa shape index (κ2) is 12.6. The second-order valence-corrected chi connectivity index (χ2v) is 9.91. The van der Waals surface area contributed by atoms with E-state index in [0.29, 0.717) is 19.1 Å². The van der Waals surface area contributed by atoms with Gasteiger partial charge in [-0.1, -0.05) is 12.1 Å². The maximum Gasteiger partial charge on any atom is 0.251 e. The van der Waals surface area contributed by atoms with Crippen molar-refractivity contribution in [2.75, 3.05) is 71.5 Å². The lowest BCUT2D eigenvalue weighted by atomic mass is 9.97. The van der Waals surface area contributed by atoms with Crippen LogP contribution in [-0.2, 0) is 9.53 Å². The van der Waals surface area contributed by atoms with Gasteiger partial charge in [-0.05, 0) is 54.8 Å². The largest absolute Gasteiger partial charge is 0.497 e. The molecule has 0 aliphatic carbocycles. The number of carbonyl (C=O) groups excluding carboxylic acids is 1. The van der Waals surface area contributed by atoms with Crippen molar-refractivity contribution in [2.24, 2.45) is 0 Å². The number of anilines is 1. The molecule has 0 saturated carbocycles. The minimum Gasteiger partial charge on any atom is -0.497 e. The molecule has 2 aromatic carbocycles. The molecule has 0 radical (unpaired) electrons. The standard InChI is InChI=1S/C28H39N5O4/c1-35-24-8-4-21(5-9-24)22-19-29-28(30-20-22)31-23-6-10-25(11-7-23)36-18-16-32-12-14-33(15-13-32)27(34)26-3-2-17-37-26/h4-11,22,26,28-31H,2-3,12-20H2,1H3. The van der Waals surface area contributed by atoms with Gasteiger partial charge in [-0.15, -0.1) is 0 Å². The van der Waals surface area contributed by atoms with Crippen LogP contribution in [0.4, 0.5) is 5.69 Å². The van der Waals surface area contributed by atoms with Crippen LogP contribution in [0.3, 0.4) is 0 Å². The molecule has 0 bridgehead atoms. The summed E-state index contributed by atoms with van der Waals surface area (Å²) in [5, 5.41) is 10.6. The molecule has 1 amide bonds. The van der Waals surface area contributed by atoms with E-state index in [1.165, 1.54) is 5.56 Å². The highest BCUT2D eigenvalue weighted by atomic mass is 16.5. The molecule has 200 valence electrons. The van der Waals surface area contributed by atoms with Crippen molar-refractivity contribution < 1.29 is 19.0 Å². The smallest absolute Gasteiger partial charge is 0.251 e. The molecule has 1 unspecified atom stereocenters. The van der Waals surface area contributed by atoms with Crippen LogP contribution in [0.2, 0.25) is 0 Å². The Balaban J connectivity index is 0.981. The number of nitrogens with zero attached hydrogens (tertiary/aromatic N) is 2. The Morgan fingerprint density at radius 3 is 2.35 bits per heavy atom. The number of piperazine rings is 1. The first-order chi connectivity index (χ1) is 18.2. The van der Waals surface area contributed by atoms with Crippen molar-refractivity contribution in [3.8, 4) is 11.5 Å². The Hall–Kier alpha value is -2.85. The van der Waals surface area contributed by atoms with Crippen molar-refractivity contribution in [3.05, 3.63) is 54.1 Å². The zero-order valence-electron chi connectivity index (χ0n) is 21.7. The lowest BCUT2D eigenvalue weighted by molar-refractivity contribution is -0.142. The number of amides is 1. The number of methoxy groups -OCH3 is 1. The van der Waals surface area contributed by atoms with Crippen molar-refractivity contribution in [3.63, 3.8) is 0 Å². The SMILES string of the molecule is COc1ccc(C2CNC(Nc3ccc(OCCN4CCN(C(=O)C5CCCO5)CC4)cc3)NC2)cc1. The van der Waals surface area contributed by atoms with Gasteiger partial charge >= 0.3 is 0 Å². The van der Waals surface area contributed by atoms with E-state index in [1.807, 2.05) is 41.3 Å². The Kier molecular flexibility index (Phi) is 8.78. The van der Waals surface area contributed by atoms with Crippen LogP contribution >= 0.6 is 0 Å². The van der Waals surface area contributed by atoms with E-state index in [9.17, 15) is 4.79 Å². The van der Waals surface area contributed by atoms with Gasteiger partial charge in [0.15, 0.2) is 0 Å². The zero-order valence-corrected chi connectivity index (χ0v) is 21.7. The molecule has 9 nitrogen and oxygen atoms in total. The number of hydrogen-bond donors (Lipinski definition) is 3. The maximum atomic E-state index is 12.5. The van der Waals surface area contributed by atoms with Gasteiger partial charge < -0.3 is 24.4 Å². The van der Waals surface area contributed by atoms with Crippen molar-refractivity contribution >= 4 is 11.6 Å².